The Morgan fingerprint density at radius 2 is 2.14 bits per heavy atom. The van der Waals surface area contributed by atoms with Gasteiger partial charge in [-0.2, -0.15) is 5.10 Å². The molecule has 80 valence electrons. The molecular weight excluding hydrogens is 198 g/mol. The van der Waals surface area contributed by atoms with Crippen LogP contribution in [0.15, 0.2) is 0 Å². The predicted octanol–water partition coefficient (Wildman–Crippen LogP) is 2.31. The summed E-state index contributed by atoms with van der Waals surface area (Å²) < 4.78 is 1.74. The molecule has 1 aromatic rings. The van der Waals surface area contributed by atoms with Gasteiger partial charge in [0.2, 0.25) is 0 Å². The van der Waals surface area contributed by atoms with Crippen molar-refractivity contribution in [2.45, 2.75) is 33.2 Å². The van der Waals surface area contributed by atoms with Gasteiger partial charge in [0.25, 0.3) is 0 Å². The molecule has 0 aliphatic rings. The van der Waals surface area contributed by atoms with Crippen LogP contribution >= 0.6 is 11.6 Å². The molecule has 0 aromatic carbocycles. The topological polar surface area (TPSA) is 29.9 Å². The third kappa shape index (κ3) is 2.28. The summed E-state index contributed by atoms with van der Waals surface area (Å²) in [6.07, 6.45) is 0. The van der Waals surface area contributed by atoms with E-state index in [0.29, 0.717) is 5.92 Å². The van der Waals surface area contributed by atoms with Gasteiger partial charge < -0.3 is 5.32 Å². The number of rotatable bonds is 4. The molecule has 0 amide bonds. The van der Waals surface area contributed by atoms with E-state index < -0.39 is 0 Å². The van der Waals surface area contributed by atoms with Crippen LogP contribution < -0.4 is 5.32 Å². The molecule has 1 rings (SSSR count). The van der Waals surface area contributed by atoms with Crippen LogP contribution in [0.5, 0.6) is 0 Å². The van der Waals surface area contributed by atoms with Crippen LogP contribution in [0.1, 0.15) is 37.9 Å². The smallest absolute Gasteiger partial charge is 0.131 e. The Morgan fingerprint density at radius 1 is 1.50 bits per heavy atom. The molecule has 0 spiro atoms. The summed E-state index contributed by atoms with van der Waals surface area (Å²) in [5, 5.41) is 8.43. The van der Waals surface area contributed by atoms with Crippen LogP contribution in [0.2, 0.25) is 5.15 Å². The summed E-state index contributed by atoms with van der Waals surface area (Å²) in [6, 6.07) is 0. The Kier molecular flexibility index (Phi) is 3.96. The number of aryl methyl sites for hydroxylation is 1. The Bertz CT molecular complexity index is 305. The van der Waals surface area contributed by atoms with Gasteiger partial charge in [0.05, 0.1) is 5.69 Å². The maximum atomic E-state index is 6.15. The molecule has 0 saturated heterocycles. The second-order valence-electron chi connectivity index (χ2n) is 3.71. The fourth-order valence-electron chi connectivity index (χ4n) is 1.44. The quantitative estimate of drug-likeness (QED) is 0.836. The first kappa shape index (κ1) is 11.5. The zero-order valence-electron chi connectivity index (χ0n) is 9.26. The lowest BCUT2D eigenvalue weighted by atomic mass is 10.1. The number of hydrogen-bond acceptors (Lipinski definition) is 2. The molecule has 0 radical (unpaired) electrons. The molecular formula is C10H18ClN3. The highest BCUT2D eigenvalue weighted by molar-refractivity contribution is 6.30. The lowest BCUT2D eigenvalue weighted by Gasteiger charge is -2.05. The summed E-state index contributed by atoms with van der Waals surface area (Å²) in [5.41, 5.74) is 2.23. The fourth-order valence-corrected chi connectivity index (χ4v) is 1.65. The molecule has 0 bridgehead atoms. The van der Waals surface area contributed by atoms with Gasteiger partial charge >= 0.3 is 0 Å². The van der Waals surface area contributed by atoms with Crippen LogP contribution in [0.4, 0.5) is 0 Å². The molecule has 1 heterocycles. The highest BCUT2D eigenvalue weighted by Gasteiger charge is 2.16. The first-order chi connectivity index (χ1) is 6.57. The van der Waals surface area contributed by atoms with E-state index >= 15 is 0 Å². The molecule has 3 nitrogen and oxygen atoms in total. The average Bonchev–Trinajstić information content (AvgIpc) is 2.41. The van der Waals surface area contributed by atoms with Crippen molar-refractivity contribution in [2.75, 3.05) is 6.54 Å². The minimum absolute atomic E-state index is 0.419. The summed E-state index contributed by atoms with van der Waals surface area (Å²) in [5.74, 6) is 0.419. The van der Waals surface area contributed by atoms with E-state index in [1.165, 1.54) is 0 Å². The summed E-state index contributed by atoms with van der Waals surface area (Å²) in [7, 11) is 1.88. The molecule has 0 unspecified atom stereocenters. The maximum Gasteiger partial charge on any atom is 0.131 e. The van der Waals surface area contributed by atoms with Crippen molar-refractivity contribution in [3.8, 4) is 0 Å². The molecule has 1 aromatic heterocycles. The highest BCUT2D eigenvalue weighted by atomic mass is 35.5. The molecule has 0 aliphatic carbocycles. The monoisotopic (exact) mass is 215 g/mol. The molecule has 0 saturated carbocycles. The van der Waals surface area contributed by atoms with Gasteiger partial charge in [0, 0.05) is 19.2 Å². The first-order valence-corrected chi connectivity index (χ1v) is 5.37. The van der Waals surface area contributed by atoms with Crippen molar-refractivity contribution in [3.05, 3.63) is 16.4 Å². The number of aromatic nitrogens is 2. The van der Waals surface area contributed by atoms with Crippen molar-refractivity contribution in [1.82, 2.24) is 15.1 Å². The number of nitrogens with one attached hydrogen (secondary N) is 1. The van der Waals surface area contributed by atoms with Crippen LogP contribution in [0.25, 0.3) is 0 Å². The Hall–Kier alpha value is -0.540. The van der Waals surface area contributed by atoms with Gasteiger partial charge in [-0.25, -0.2) is 0 Å². The minimum atomic E-state index is 0.419. The van der Waals surface area contributed by atoms with E-state index in [9.17, 15) is 0 Å². The van der Waals surface area contributed by atoms with E-state index in [1.807, 2.05) is 7.05 Å². The second-order valence-corrected chi connectivity index (χ2v) is 4.07. The first-order valence-electron chi connectivity index (χ1n) is 4.99. The zero-order chi connectivity index (χ0) is 10.7. The van der Waals surface area contributed by atoms with Crippen LogP contribution in [0.3, 0.4) is 0 Å². The third-order valence-corrected chi connectivity index (χ3v) is 2.67. The second kappa shape index (κ2) is 4.80. The van der Waals surface area contributed by atoms with Crippen molar-refractivity contribution in [1.29, 1.82) is 0 Å². The Labute approximate surface area is 90.4 Å². The molecule has 1 N–H and O–H groups in total. The number of halogens is 1. The van der Waals surface area contributed by atoms with Gasteiger partial charge in [-0.3, -0.25) is 4.68 Å². The lowest BCUT2D eigenvalue weighted by molar-refractivity contribution is 0.698. The van der Waals surface area contributed by atoms with E-state index in [1.54, 1.807) is 4.68 Å². The van der Waals surface area contributed by atoms with Crippen molar-refractivity contribution in [2.24, 2.45) is 7.05 Å². The lowest BCUT2D eigenvalue weighted by Crippen LogP contribution is -2.13. The van der Waals surface area contributed by atoms with E-state index in [4.69, 9.17) is 11.6 Å². The van der Waals surface area contributed by atoms with Gasteiger partial charge in [-0.15, -0.1) is 0 Å². The van der Waals surface area contributed by atoms with Gasteiger partial charge in [-0.1, -0.05) is 32.4 Å². The molecule has 4 heteroatoms. The zero-order valence-corrected chi connectivity index (χ0v) is 10.0. The largest absolute Gasteiger partial charge is 0.313 e. The standard InChI is InChI=1S/C10H18ClN3/c1-5-12-6-8-9(7(2)3)13-14(4)10(8)11/h7,12H,5-6H2,1-4H3. The average molecular weight is 216 g/mol. The van der Waals surface area contributed by atoms with Gasteiger partial charge in [0.1, 0.15) is 5.15 Å². The van der Waals surface area contributed by atoms with Crippen molar-refractivity contribution >= 4 is 11.6 Å². The fraction of sp³-hybridized carbons (Fsp3) is 0.700. The number of hydrogen-bond donors (Lipinski definition) is 1. The van der Waals surface area contributed by atoms with Gasteiger partial charge in [0.15, 0.2) is 0 Å². The SMILES string of the molecule is CCNCc1c(C(C)C)nn(C)c1Cl. The van der Waals surface area contributed by atoms with Crippen molar-refractivity contribution in [3.63, 3.8) is 0 Å². The normalized spacial score (nSPS) is 11.3. The highest BCUT2D eigenvalue weighted by Crippen LogP contribution is 2.24. The third-order valence-electron chi connectivity index (χ3n) is 2.20. The predicted molar refractivity (Wildman–Crippen MR) is 59.7 cm³/mol. The molecule has 0 atom stereocenters. The Balaban J connectivity index is 2.97. The van der Waals surface area contributed by atoms with E-state index in [0.717, 1.165) is 29.5 Å². The summed E-state index contributed by atoms with van der Waals surface area (Å²) >= 11 is 6.15. The Morgan fingerprint density at radius 3 is 2.64 bits per heavy atom. The van der Waals surface area contributed by atoms with Crippen LogP contribution in [0, 0.1) is 0 Å². The molecule has 0 aliphatic heterocycles. The minimum Gasteiger partial charge on any atom is -0.313 e. The molecule has 0 fully saturated rings. The van der Waals surface area contributed by atoms with E-state index in [2.05, 4.69) is 31.2 Å². The van der Waals surface area contributed by atoms with E-state index in [-0.39, 0.29) is 0 Å². The number of nitrogens with zero attached hydrogens (tertiary/aromatic N) is 2. The van der Waals surface area contributed by atoms with Crippen LogP contribution in [-0.2, 0) is 13.6 Å². The summed E-state index contributed by atoms with van der Waals surface area (Å²) in [4.78, 5) is 0. The van der Waals surface area contributed by atoms with Crippen molar-refractivity contribution < 1.29 is 0 Å². The van der Waals surface area contributed by atoms with Gasteiger partial charge in [-0.05, 0) is 12.5 Å². The molecule has 14 heavy (non-hydrogen) atoms. The summed E-state index contributed by atoms with van der Waals surface area (Å²) in [6.45, 7) is 8.10. The van der Waals surface area contributed by atoms with Crippen LogP contribution in [-0.4, -0.2) is 16.3 Å². The maximum absolute atomic E-state index is 6.15.